The lowest BCUT2D eigenvalue weighted by molar-refractivity contribution is 0.349. The van der Waals surface area contributed by atoms with Crippen molar-refractivity contribution in [3.8, 4) is 5.75 Å². The van der Waals surface area contributed by atoms with Crippen LogP contribution in [0.5, 0.6) is 5.75 Å². The molecule has 0 amide bonds. The van der Waals surface area contributed by atoms with Crippen LogP contribution in [0.25, 0.3) is 0 Å². The molecule has 2 rings (SSSR count). The van der Waals surface area contributed by atoms with Gasteiger partial charge < -0.3 is 15.0 Å². The van der Waals surface area contributed by atoms with Gasteiger partial charge >= 0.3 is 0 Å². The van der Waals surface area contributed by atoms with Gasteiger partial charge in [0.25, 0.3) is 0 Å². The minimum atomic E-state index is 0.622. The molecule has 1 aliphatic rings. The van der Waals surface area contributed by atoms with E-state index < -0.39 is 0 Å². The molecule has 21 heavy (non-hydrogen) atoms. The first-order chi connectivity index (χ1) is 10.2. The first-order valence-electron chi connectivity index (χ1n) is 8.31. The maximum atomic E-state index is 5.58. The zero-order valence-corrected chi connectivity index (χ0v) is 13.8. The average molecular weight is 290 g/mol. The number of ether oxygens (including phenoxy) is 1. The fraction of sp³-hybridized carbons (Fsp3) is 0.667. The van der Waals surface area contributed by atoms with Gasteiger partial charge in [0.1, 0.15) is 5.75 Å². The minimum Gasteiger partial charge on any atom is -0.493 e. The van der Waals surface area contributed by atoms with Gasteiger partial charge in [-0.2, -0.15) is 0 Å². The summed E-state index contributed by atoms with van der Waals surface area (Å²) in [6.07, 6.45) is 5.87. The van der Waals surface area contributed by atoms with E-state index in [-0.39, 0.29) is 0 Å². The second-order valence-corrected chi connectivity index (χ2v) is 6.32. The normalized spacial score (nSPS) is 15.0. The summed E-state index contributed by atoms with van der Waals surface area (Å²) in [7, 11) is 4.30. The fourth-order valence-electron chi connectivity index (χ4n) is 2.85. The first kappa shape index (κ1) is 16.3. The highest BCUT2D eigenvalue weighted by Gasteiger charge is 2.13. The van der Waals surface area contributed by atoms with Crippen LogP contribution in [0.2, 0.25) is 0 Å². The van der Waals surface area contributed by atoms with E-state index in [1.165, 1.54) is 30.4 Å². The van der Waals surface area contributed by atoms with Crippen LogP contribution < -0.4 is 10.1 Å². The summed E-state index contributed by atoms with van der Waals surface area (Å²) in [5, 5.41) is 3.70. The smallest absolute Gasteiger partial charge is 0.122 e. The van der Waals surface area contributed by atoms with Crippen LogP contribution in [-0.2, 0) is 12.8 Å². The van der Waals surface area contributed by atoms with Crippen molar-refractivity contribution in [2.75, 3.05) is 33.8 Å². The third kappa shape index (κ3) is 5.33. The molecule has 118 valence electrons. The van der Waals surface area contributed by atoms with Crippen molar-refractivity contribution < 1.29 is 4.74 Å². The maximum Gasteiger partial charge on any atom is 0.122 e. The van der Waals surface area contributed by atoms with Crippen molar-refractivity contribution in [1.29, 1.82) is 0 Å². The van der Waals surface area contributed by atoms with Crippen LogP contribution in [0, 0.1) is 0 Å². The van der Waals surface area contributed by atoms with Crippen molar-refractivity contribution in [2.45, 2.75) is 45.1 Å². The number of nitrogens with one attached hydrogen (secondary N) is 1. The lowest BCUT2D eigenvalue weighted by Crippen LogP contribution is -2.33. The van der Waals surface area contributed by atoms with Crippen LogP contribution in [0.15, 0.2) is 18.2 Å². The van der Waals surface area contributed by atoms with Crippen molar-refractivity contribution in [3.05, 3.63) is 29.3 Å². The molecule has 3 nitrogen and oxygen atoms in total. The predicted molar refractivity (Wildman–Crippen MR) is 89.2 cm³/mol. The van der Waals surface area contributed by atoms with Gasteiger partial charge in [-0.05, 0) is 70.1 Å². The molecule has 0 saturated heterocycles. The topological polar surface area (TPSA) is 24.5 Å². The summed E-state index contributed by atoms with van der Waals surface area (Å²) in [6, 6.07) is 7.33. The summed E-state index contributed by atoms with van der Waals surface area (Å²) < 4.78 is 5.58. The number of rotatable bonds is 9. The minimum absolute atomic E-state index is 0.622. The molecule has 1 aromatic carbocycles. The van der Waals surface area contributed by atoms with Gasteiger partial charge in [0.15, 0.2) is 0 Å². The predicted octanol–water partition coefficient (Wildman–Crippen LogP) is 2.87. The molecular formula is C18H30N2O. The highest BCUT2D eigenvalue weighted by Crippen LogP contribution is 2.26. The molecular weight excluding hydrogens is 260 g/mol. The summed E-state index contributed by atoms with van der Waals surface area (Å²) >= 11 is 0. The molecule has 1 heterocycles. The molecule has 0 saturated carbocycles. The van der Waals surface area contributed by atoms with E-state index in [1.807, 2.05) is 0 Å². The van der Waals surface area contributed by atoms with E-state index in [1.54, 1.807) is 0 Å². The van der Waals surface area contributed by atoms with Crippen molar-refractivity contribution in [1.82, 2.24) is 10.2 Å². The number of hydrogen-bond donors (Lipinski definition) is 1. The van der Waals surface area contributed by atoms with Crippen molar-refractivity contribution >= 4 is 0 Å². The van der Waals surface area contributed by atoms with Gasteiger partial charge in [0.2, 0.25) is 0 Å². The van der Waals surface area contributed by atoms with E-state index in [9.17, 15) is 0 Å². The molecule has 1 aliphatic heterocycles. The van der Waals surface area contributed by atoms with Crippen molar-refractivity contribution in [2.24, 2.45) is 0 Å². The lowest BCUT2D eigenvalue weighted by atomic mass is 10.0. The van der Waals surface area contributed by atoms with Gasteiger partial charge in [-0.25, -0.2) is 0 Å². The number of benzene rings is 1. The molecule has 0 fully saturated rings. The third-order valence-electron chi connectivity index (χ3n) is 4.14. The summed E-state index contributed by atoms with van der Waals surface area (Å²) in [6.45, 7) is 5.36. The van der Waals surface area contributed by atoms with Crippen LogP contribution in [0.3, 0.4) is 0 Å². The van der Waals surface area contributed by atoms with Gasteiger partial charge in [0, 0.05) is 12.5 Å². The Balaban J connectivity index is 1.84. The lowest BCUT2D eigenvalue weighted by Gasteiger charge is -2.20. The zero-order valence-electron chi connectivity index (χ0n) is 13.8. The quantitative estimate of drug-likeness (QED) is 0.757. The van der Waals surface area contributed by atoms with E-state index in [4.69, 9.17) is 4.74 Å². The summed E-state index contributed by atoms with van der Waals surface area (Å²) in [4.78, 5) is 2.27. The standard InChI is InChI=1S/C18H30N2O/c1-4-11-19-17(9-12-20(2)3)7-5-15-6-8-18-16(14-15)10-13-21-18/h6,8,14,17,19H,4-5,7,9-13H2,1-3H3. The fourth-order valence-corrected chi connectivity index (χ4v) is 2.85. The second kappa shape index (κ2) is 8.40. The Morgan fingerprint density at radius 2 is 2.14 bits per heavy atom. The molecule has 1 atom stereocenters. The number of nitrogens with zero attached hydrogens (tertiary/aromatic N) is 1. The Kier molecular flexibility index (Phi) is 6.52. The first-order valence-corrected chi connectivity index (χ1v) is 8.31. The third-order valence-corrected chi connectivity index (χ3v) is 4.14. The Labute approximate surface area is 129 Å². The Bertz CT molecular complexity index is 431. The highest BCUT2D eigenvalue weighted by molar-refractivity contribution is 5.39. The molecule has 0 bridgehead atoms. The zero-order chi connectivity index (χ0) is 15.1. The van der Waals surface area contributed by atoms with Crippen LogP contribution in [0.4, 0.5) is 0 Å². The van der Waals surface area contributed by atoms with Gasteiger partial charge in [-0.15, -0.1) is 0 Å². The average Bonchev–Trinajstić information content (AvgIpc) is 2.93. The van der Waals surface area contributed by atoms with Crippen LogP contribution >= 0.6 is 0 Å². The largest absolute Gasteiger partial charge is 0.493 e. The SMILES string of the molecule is CCCNC(CCc1ccc2c(c1)CCO2)CCN(C)C. The van der Waals surface area contributed by atoms with Gasteiger partial charge in [-0.3, -0.25) is 0 Å². The van der Waals surface area contributed by atoms with Crippen LogP contribution in [-0.4, -0.2) is 44.7 Å². The Hall–Kier alpha value is -1.06. The number of aryl methyl sites for hydroxylation is 1. The summed E-state index contributed by atoms with van der Waals surface area (Å²) in [5.41, 5.74) is 2.84. The Morgan fingerprint density at radius 3 is 2.90 bits per heavy atom. The number of fused-ring (bicyclic) bond motifs is 1. The molecule has 0 aromatic heterocycles. The van der Waals surface area contributed by atoms with Crippen LogP contribution in [0.1, 0.15) is 37.3 Å². The molecule has 0 radical (unpaired) electrons. The monoisotopic (exact) mass is 290 g/mol. The molecule has 1 unspecified atom stereocenters. The molecule has 1 aromatic rings. The maximum absolute atomic E-state index is 5.58. The van der Waals surface area contributed by atoms with Gasteiger partial charge in [-0.1, -0.05) is 19.1 Å². The number of hydrogen-bond acceptors (Lipinski definition) is 3. The second-order valence-electron chi connectivity index (χ2n) is 6.32. The van der Waals surface area contributed by atoms with E-state index in [0.717, 1.165) is 38.3 Å². The van der Waals surface area contributed by atoms with Crippen molar-refractivity contribution in [3.63, 3.8) is 0 Å². The van der Waals surface area contributed by atoms with E-state index >= 15 is 0 Å². The van der Waals surface area contributed by atoms with Gasteiger partial charge in [0.05, 0.1) is 6.61 Å². The molecule has 0 spiro atoms. The van der Waals surface area contributed by atoms with E-state index in [0.29, 0.717) is 6.04 Å². The summed E-state index contributed by atoms with van der Waals surface area (Å²) in [5.74, 6) is 1.09. The highest BCUT2D eigenvalue weighted by atomic mass is 16.5. The molecule has 1 N–H and O–H groups in total. The molecule has 0 aliphatic carbocycles. The molecule has 3 heteroatoms. The Morgan fingerprint density at radius 1 is 1.29 bits per heavy atom. The van der Waals surface area contributed by atoms with E-state index in [2.05, 4.69) is 49.4 Å².